The zero-order valence-corrected chi connectivity index (χ0v) is 20.5. The van der Waals surface area contributed by atoms with Crippen molar-refractivity contribution in [3.63, 3.8) is 0 Å². The Hall–Kier alpha value is -3.04. The van der Waals surface area contributed by atoms with Gasteiger partial charge in [-0.1, -0.05) is 41.9 Å². The van der Waals surface area contributed by atoms with Crippen molar-refractivity contribution < 1.29 is 28.5 Å². The van der Waals surface area contributed by atoms with Crippen LogP contribution in [0.3, 0.4) is 0 Å². The molecule has 1 aliphatic carbocycles. The number of hydrogen-bond acceptors (Lipinski definition) is 5. The molecule has 0 spiro atoms. The van der Waals surface area contributed by atoms with E-state index in [2.05, 4.69) is 5.32 Å². The summed E-state index contributed by atoms with van der Waals surface area (Å²) < 4.78 is 37.9. The second-order valence-electron chi connectivity index (χ2n) is 9.88. The number of carbonyl (C=O) groups is 1. The van der Waals surface area contributed by atoms with E-state index in [0.29, 0.717) is 30.5 Å². The van der Waals surface area contributed by atoms with Gasteiger partial charge < -0.3 is 26.0 Å². The van der Waals surface area contributed by atoms with Crippen LogP contribution in [0.2, 0.25) is 5.02 Å². The largest absolute Gasteiger partial charge is 0.477 e. The highest BCUT2D eigenvalue weighted by molar-refractivity contribution is 6.34. The number of nitrogens with two attached hydrogens (primary N) is 1. The lowest BCUT2D eigenvalue weighted by Crippen LogP contribution is -2.51. The maximum Gasteiger partial charge on any atom is 0.249 e. The summed E-state index contributed by atoms with van der Waals surface area (Å²) in [5, 5.41) is 25.4. The van der Waals surface area contributed by atoms with Crippen LogP contribution in [-0.2, 0) is 12.0 Å². The number of aliphatic hydroxyl groups is 2. The number of amides is 1. The third kappa shape index (κ3) is 3.43. The first-order valence-corrected chi connectivity index (χ1v) is 12.6. The molecule has 3 aromatic carbocycles. The molecule has 37 heavy (non-hydrogen) atoms. The van der Waals surface area contributed by atoms with Gasteiger partial charge in [-0.2, -0.15) is 0 Å². The lowest BCUT2D eigenvalue weighted by Gasteiger charge is -2.38. The minimum Gasteiger partial charge on any atom is -0.477 e. The minimum atomic E-state index is -1.40. The molecule has 0 bridgehead atoms. The normalized spacial score (nSPS) is 26.1. The molecule has 4 atom stereocenters. The van der Waals surface area contributed by atoms with Crippen molar-refractivity contribution in [2.75, 3.05) is 6.54 Å². The summed E-state index contributed by atoms with van der Waals surface area (Å²) in [6, 6.07) is 11.2. The Bertz CT molecular complexity index is 1430. The number of rotatable bonds is 4. The van der Waals surface area contributed by atoms with E-state index in [4.69, 9.17) is 22.1 Å². The highest BCUT2D eigenvalue weighted by atomic mass is 35.5. The summed E-state index contributed by atoms with van der Waals surface area (Å²) in [4.78, 5) is 12.5. The van der Waals surface area contributed by atoms with Crippen LogP contribution in [0, 0.1) is 11.6 Å². The van der Waals surface area contributed by atoms with Gasteiger partial charge in [0, 0.05) is 28.3 Å². The van der Waals surface area contributed by atoms with Gasteiger partial charge in [0.25, 0.3) is 0 Å². The summed E-state index contributed by atoms with van der Waals surface area (Å²) in [5.41, 5.74) is 4.74. The first kappa shape index (κ1) is 24.3. The van der Waals surface area contributed by atoms with Crippen LogP contribution in [-0.4, -0.2) is 28.7 Å². The van der Waals surface area contributed by atoms with Gasteiger partial charge in [-0.15, -0.1) is 0 Å². The second kappa shape index (κ2) is 8.77. The summed E-state index contributed by atoms with van der Waals surface area (Å²) >= 11 is 6.47. The minimum absolute atomic E-state index is 0.00202. The number of carbonyl (C=O) groups excluding carboxylic acids is 1. The summed E-state index contributed by atoms with van der Waals surface area (Å²) in [6.07, 6.45) is -0.331. The van der Waals surface area contributed by atoms with Crippen LogP contribution < -0.4 is 15.8 Å². The smallest absolute Gasteiger partial charge is 0.249 e. The molecule has 2 aliphatic heterocycles. The first-order valence-electron chi connectivity index (χ1n) is 12.3. The molecule has 0 saturated carbocycles. The zero-order chi connectivity index (χ0) is 26.1. The zero-order valence-electron chi connectivity index (χ0n) is 19.7. The van der Waals surface area contributed by atoms with Gasteiger partial charge in [0.15, 0.2) is 5.60 Å². The first-order chi connectivity index (χ1) is 17.8. The maximum absolute atomic E-state index is 16.2. The van der Waals surface area contributed by atoms with E-state index in [1.807, 2.05) is 30.3 Å². The predicted octanol–water partition coefficient (Wildman–Crippen LogP) is 4.44. The molecule has 9 heteroatoms. The predicted molar refractivity (Wildman–Crippen MR) is 133 cm³/mol. The molecule has 6 rings (SSSR count). The molecular formula is C28H25ClF2N2O4. The lowest BCUT2D eigenvalue weighted by atomic mass is 9.77. The molecule has 192 valence electrons. The van der Waals surface area contributed by atoms with Crippen LogP contribution >= 0.6 is 11.6 Å². The molecule has 5 N–H and O–H groups in total. The van der Waals surface area contributed by atoms with Crippen molar-refractivity contribution >= 4 is 17.5 Å². The molecule has 1 saturated heterocycles. The summed E-state index contributed by atoms with van der Waals surface area (Å²) in [7, 11) is 0. The van der Waals surface area contributed by atoms with Gasteiger partial charge in [-0.3, -0.25) is 4.79 Å². The van der Waals surface area contributed by atoms with Crippen molar-refractivity contribution in [1.29, 1.82) is 0 Å². The number of nitrogens with one attached hydrogen (secondary N) is 1. The van der Waals surface area contributed by atoms with E-state index >= 15 is 8.78 Å². The molecule has 3 aliphatic rings. The second-order valence-corrected chi connectivity index (χ2v) is 10.3. The van der Waals surface area contributed by atoms with Gasteiger partial charge in [0.05, 0.1) is 22.7 Å². The highest BCUT2D eigenvalue weighted by Gasteiger charge is 2.57. The molecule has 3 aromatic rings. The molecule has 1 unspecified atom stereocenters. The number of hydrogen-bond donors (Lipinski definition) is 4. The lowest BCUT2D eigenvalue weighted by molar-refractivity contribution is -0.0566. The van der Waals surface area contributed by atoms with E-state index in [1.165, 1.54) is 6.07 Å². The average molecular weight is 527 g/mol. The molecule has 1 amide bonds. The van der Waals surface area contributed by atoms with Crippen molar-refractivity contribution in [2.24, 2.45) is 5.73 Å². The number of halogens is 3. The van der Waals surface area contributed by atoms with E-state index in [1.54, 1.807) is 0 Å². The Labute approximate surface area is 217 Å². The van der Waals surface area contributed by atoms with E-state index in [0.717, 1.165) is 12.5 Å². The highest BCUT2D eigenvalue weighted by Crippen LogP contribution is 2.58. The van der Waals surface area contributed by atoms with Crippen LogP contribution in [0.5, 0.6) is 5.75 Å². The van der Waals surface area contributed by atoms with Crippen LogP contribution in [0.4, 0.5) is 8.78 Å². The van der Waals surface area contributed by atoms with Crippen molar-refractivity contribution in [3.8, 4) is 16.9 Å². The van der Waals surface area contributed by atoms with Crippen LogP contribution in [0.1, 0.15) is 64.1 Å². The number of benzene rings is 3. The fraction of sp³-hybridized carbons (Fsp3) is 0.321. The van der Waals surface area contributed by atoms with Gasteiger partial charge >= 0.3 is 0 Å². The maximum atomic E-state index is 16.2. The molecule has 1 fully saturated rings. The Kier molecular flexibility index (Phi) is 5.76. The third-order valence-electron chi connectivity index (χ3n) is 7.91. The average Bonchev–Trinajstić information content (AvgIpc) is 3.61. The van der Waals surface area contributed by atoms with Gasteiger partial charge in [0.2, 0.25) is 5.91 Å². The standard InChI is InChI=1S/C28H25ClF2N2O4/c29-24-16(30)12-18-22(23(24)21-15(27(32)36)11-13-8-9-17(34)20(13)25(21)31)26(35)28(37-18,19-7-4-10-33-19)14-5-2-1-3-6-14/h1-3,5-6,11-12,17,19,26,33-35H,4,7-10H2,(H2,32,36)/t17?,19-,26-,28-/m0/s1. The molecule has 6 nitrogen and oxygen atoms in total. The Morgan fingerprint density at radius 1 is 1.11 bits per heavy atom. The molecule has 0 aromatic heterocycles. The fourth-order valence-corrected chi connectivity index (χ4v) is 6.51. The Balaban J connectivity index is 1.65. The van der Waals surface area contributed by atoms with Crippen molar-refractivity contribution in [2.45, 2.75) is 49.5 Å². The van der Waals surface area contributed by atoms with E-state index < -0.39 is 40.4 Å². The van der Waals surface area contributed by atoms with Crippen molar-refractivity contribution in [3.05, 3.63) is 86.9 Å². The van der Waals surface area contributed by atoms with Gasteiger partial charge in [-0.05, 0) is 49.4 Å². The van der Waals surface area contributed by atoms with Crippen LogP contribution in [0.15, 0.2) is 42.5 Å². The third-order valence-corrected chi connectivity index (χ3v) is 8.28. The number of ether oxygens (including phenoxy) is 1. The van der Waals surface area contributed by atoms with Gasteiger partial charge in [-0.25, -0.2) is 8.78 Å². The monoisotopic (exact) mass is 526 g/mol. The van der Waals surface area contributed by atoms with Gasteiger partial charge in [0.1, 0.15) is 23.5 Å². The molecule has 0 radical (unpaired) electrons. The quantitative estimate of drug-likeness (QED) is 0.402. The Morgan fingerprint density at radius 2 is 1.86 bits per heavy atom. The molecular weight excluding hydrogens is 502 g/mol. The topological polar surface area (TPSA) is 105 Å². The SMILES string of the molecule is NC(=O)c1cc2c(c(F)c1-c1c(Cl)c(F)cc3c1[C@H](O)[C@](c1ccccc1)([C@@H]1CCCN1)O3)C(O)CC2. The summed E-state index contributed by atoms with van der Waals surface area (Å²) in [5.74, 6) is -2.75. The van der Waals surface area contributed by atoms with E-state index in [-0.39, 0.29) is 46.0 Å². The summed E-state index contributed by atoms with van der Waals surface area (Å²) in [6.45, 7) is 0.705. The van der Waals surface area contributed by atoms with Crippen LogP contribution in [0.25, 0.3) is 11.1 Å². The Morgan fingerprint density at radius 3 is 2.54 bits per heavy atom. The molecule has 2 heterocycles. The number of aliphatic hydroxyl groups excluding tert-OH is 2. The van der Waals surface area contributed by atoms with E-state index in [9.17, 15) is 15.0 Å². The van der Waals surface area contributed by atoms with Crippen molar-refractivity contribution in [1.82, 2.24) is 5.32 Å². The number of fused-ring (bicyclic) bond motifs is 2. The fourth-order valence-electron chi connectivity index (χ4n) is 6.26. The number of primary amides is 1. The number of aryl methyl sites for hydroxylation is 1.